The number of H-pyrrole nitrogens is 1. The molecule has 94 valence electrons. The molecule has 0 aliphatic carbocycles. The van der Waals surface area contributed by atoms with Crippen LogP contribution in [0.4, 0.5) is 5.13 Å². The van der Waals surface area contributed by atoms with Gasteiger partial charge in [0.1, 0.15) is 0 Å². The maximum absolute atomic E-state index is 11.8. The smallest absolute Gasteiger partial charge is 0.337 e. The molecule has 0 aromatic carbocycles. The number of anilines is 1. The van der Waals surface area contributed by atoms with Crippen LogP contribution >= 0.6 is 11.3 Å². The fourth-order valence-electron chi connectivity index (χ4n) is 1.55. The molecular formula is C11H11N3O3S. The summed E-state index contributed by atoms with van der Waals surface area (Å²) >= 11 is 1.35. The van der Waals surface area contributed by atoms with Crippen LogP contribution in [0.15, 0.2) is 16.2 Å². The largest absolute Gasteiger partial charge is 0.478 e. The molecular weight excluding hydrogens is 254 g/mol. The van der Waals surface area contributed by atoms with Crippen LogP contribution in [0.3, 0.4) is 0 Å². The average Bonchev–Trinajstić information content (AvgIpc) is 2.77. The second-order valence-electron chi connectivity index (χ2n) is 3.64. The van der Waals surface area contributed by atoms with Gasteiger partial charge in [-0.2, -0.15) is 0 Å². The lowest BCUT2D eigenvalue weighted by molar-refractivity contribution is 0.0695. The van der Waals surface area contributed by atoms with Gasteiger partial charge in [0.2, 0.25) is 0 Å². The van der Waals surface area contributed by atoms with Gasteiger partial charge in [-0.15, -0.1) is 11.3 Å². The molecule has 0 amide bonds. The van der Waals surface area contributed by atoms with Crippen LogP contribution in [0.25, 0.3) is 11.3 Å². The Labute approximate surface area is 106 Å². The fraction of sp³-hybridized carbons (Fsp3) is 0.182. The van der Waals surface area contributed by atoms with Gasteiger partial charge in [-0.1, -0.05) is 0 Å². The SMILES string of the molecule is CNc1nc(-c2cc(C(=O)O)c(C)[nH]c2=O)cs1. The second-order valence-corrected chi connectivity index (χ2v) is 4.50. The van der Waals surface area contributed by atoms with Crippen molar-refractivity contribution in [2.24, 2.45) is 0 Å². The van der Waals surface area contributed by atoms with Crippen molar-refractivity contribution in [2.75, 3.05) is 12.4 Å². The van der Waals surface area contributed by atoms with E-state index < -0.39 is 5.97 Å². The first-order valence-corrected chi connectivity index (χ1v) is 6.01. The number of hydrogen-bond donors (Lipinski definition) is 3. The molecule has 2 aromatic rings. The van der Waals surface area contributed by atoms with E-state index in [1.54, 1.807) is 19.4 Å². The van der Waals surface area contributed by atoms with Crippen molar-refractivity contribution in [3.63, 3.8) is 0 Å². The summed E-state index contributed by atoms with van der Waals surface area (Å²) in [7, 11) is 1.73. The highest BCUT2D eigenvalue weighted by Crippen LogP contribution is 2.23. The van der Waals surface area contributed by atoms with E-state index in [1.165, 1.54) is 17.4 Å². The molecule has 2 rings (SSSR count). The number of hydrogen-bond acceptors (Lipinski definition) is 5. The highest BCUT2D eigenvalue weighted by molar-refractivity contribution is 7.14. The van der Waals surface area contributed by atoms with Crippen molar-refractivity contribution in [3.05, 3.63) is 33.1 Å². The minimum Gasteiger partial charge on any atom is -0.478 e. The number of aromatic amines is 1. The molecule has 0 radical (unpaired) electrons. The van der Waals surface area contributed by atoms with E-state index in [4.69, 9.17) is 5.11 Å². The molecule has 2 aromatic heterocycles. The van der Waals surface area contributed by atoms with Crippen LogP contribution in [0.5, 0.6) is 0 Å². The standard InChI is InChI=1S/C11H11N3O3S/c1-5-6(10(16)17)3-7(9(15)13-5)8-4-18-11(12-2)14-8/h3-4H,1-2H3,(H,12,14)(H,13,15)(H,16,17). The summed E-state index contributed by atoms with van der Waals surface area (Å²) in [4.78, 5) is 29.5. The molecule has 0 aliphatic heterocycles. The molecule has 0 atom stereocenters. The molecule has 0 saturated carbocycles. The number of carboxylic acid groups (broad SMARTS) is 1. The summed E-state index contributed by atoms with van der Waals surface area (Å²) in [5, 5.41) is 14.3. The van der Waals surface area contributed by atoms with Crippen molar-refractivity contribution >= 4 is 22.4 Å². The Morgan fingerprint density at radius 2 is 2.28 bits per heavy atom. The number of nitrogens with zero attached hydrogens (tertiary/aromatic N) is 1. The van der Waals surface area contributed by atoms with Gasteiger partial charge in [-0.3, -0.25) is 4.79 Å². The number of pyridine rings is 1. The van der Waals surface area contributed by atoms with E-state index in [2.05, 4.69) is 15.3 Å². The van der Waals surface area contributed by atoms with E-state index in [0.717, 1.165) is 0 Å². The molecule has 0 bridgehead atoms. The van der Waals surface area contributed by atoms with Crippen LogP contribution in [0, 0.1) is 6.92 Å². The molecule has 0 fully saturated rings. The minimum absolute atomic E-state index is 0.0728. The third-order valence-electron chi connectivity index (χ3n) is 2.46. The molecule has 6 nitrogen and oxygen atoms in total. The first-order chi connectivity index (χ1) is 8.52. The predicted octanol–water partition coefficient (Wildman–Crippen LogP) is 1.55. The Bertz CT molecular complexity index is 660. The number of nitrogens with one attached hydrogen (secondary N) is 2. The molecule has 3 N–H and O–H groups in total. The van der Waals surface area contributed by atoms with E-state index >= 15 is 0 Å². The van der Waals surface area contributed by atoms with E-state index in [0.29, 0.717) is 16.5 Å². The summed E-state index contributed by atoms with van der Waals surface area (Å²) in [6, 6.07) is 1.35. The Balaban J connectivity index is 2.60. The van der Waals surface area contributed by atoms with Gasteiger partial charge in [-0.05, 0) is 13.0 Å². The topological polar surface area (TPSA) is 95.1 Å². The van der Waals surface area contributed by atoms with Gasteiger partial charge < -0.3 is 15.4 Å². The van der Waals surface area contributed by atoms with Crippen LogP contribution in [0.2, 0.25) is 0 Å². The highest BCUT2D eigenvalue weighted by atomic mass is 32.1. The predicted molar refractivity (Wildman–Crippen MR) is 69.4 cm³/mol. The molecule has 0 spiro atoms. The Kier molecular flexibility index (Phi) is 3.15. The van der Waals surface area contributed by atoms with Crippen LogP contribution in [-0.4, -0.2) is 28.1 Å². The number of aryl methyl sites for hydroxylation is 1. The normalized spacial score (nSPS) is 10.3. The zero-order valence-corrected chi connectivity index (χ0v) is 10.6. The Morgan fingerprint density at radius 1 is 1.56 bits per heavy atom. The third kappa shape index (κ3) is 2.12. The number of rotatable bonds is 3. The molecule has 0 unspecified atom stereocenters. The van der Waals surface area contributed by atoms with Crippen molar-refractivity contribution in [3.8, 4) is 11.3 Å². The maximum Gasteiger partial charge on any atom is 0.337 e. The highest BCUT2D eigenvalue weighted by Gasteiger charge is 2.14. The molecule has 0 aliphatic rings. The summed E-state index contributed by atoms with van der Waals surface area (Å²) in [5.41, 5.74) is 0.790. The number of thiazole rings is 1. The van der Waals surface area contributed by atoms with E-state index in [9.17, 15) is 9.59 Å². The quantitative estimate of drug-likeness (QED) is 0.782. The minimum atomic E-state index is -1.07. The van der Waals surface area contributed by atoms with Gasteiger partial charge >= 0.3 is 5.97 Å². The summed E-state index contributed by atoms with van der Waals surface area (Å²) in [6.45, 7) is 1.55. The molecule has 0 saturated heterocycles. The molecule has 2 heterocycles. The number of aromatic nitrogens is 2. The zero-order chi connectivity index (χ0) is 13.3. The lowest BCUT2D eigenvalue weighted by Crippen LogP contribution is -2.15. The van der Waals surface area contributed by atoms with Crippen LogP contribution < -0.4 is 10.9 Å². The molecule has 7 heteroatoms. The van der Waals surface area contributed by atoms with Gasteiger partial charge in [0.15, 0.2) is 5.13 Å². The number of aromatic carboxylic acids is 1. The van der Waals surface area contributed by atoms with Crippen molar-refractivity contribution < 1.29 is 9.90 Å². The zero-order valence-electron chi connectivity index (χ0n) is 9.77. The number of carboxylic acids is 1. The van der Waals surface area contributed by atoms with Crippen LogP contribution in [-0.2, 0) is 0 Å². The average molecular weight is 265 g/mol. The van der Waals surface area contributed by atoms with E-state index in [1.807, 2.05) is 0 Å². The molecule has 18 heavy (non-hydrogen) atoms. The first kappa shape index (κ1) is 12.3. The summed E-state index contributed by atoms with van der Waals surface area (Å²) < 4.78 is 0. The maximum atomic E-state index is 11.8. The number of carbonyl (C=O) groups is 1. The van der Waals surface area contributed by atoms with Crippen molar-refractivity contribution in [2.45, 2.75) is 6.92 Å². The monoisotopic (exact) mass is 265 g/mol. The summed E-state index contributed by atoms with van der Waals surface area (Å²) in [5.74, 6) is -1.07. The fourth-order valence-corrected chi connectivity index (χ4v) is 2.22. The van der Waals surface area contributed by atoms with E-state index in [-0.39, 0.29) is 16.7 Å². The van der Waals surface area contributed by atoms with Gasteiger partial charge in [0.25, 0.3) is 5.56 Å². The first-order valence-electron chi connectivity index (χ1n) is 5.13. The van der Waals surface area contributed by atoms with Crippen LogP contribution in [0.1, 0.15) is 16.1 Å². The Hall–Kier alpha value is -2.15. The lowest BCUT2D eigenvalue weighted by Gasteiger charge is -2.02. The summed E-state index contributed by atoms with van der Waals surface area (Å²) in [6.07, 6.45) is 0. The second kappa shape index (κ2) is 4.61. The van der Waals surface area contributed by atoms with Gasteiger partial charge in [-0.25, -0.2) is 9.78 Å². The van der Waals surface area contributed by atoms with Crippen molar-refractivity contribution in [1.29, 1.82) is 0 Å². The van der Waals surface area contributed by atoms with Crippen molar-refractivity contribution in [1.82, 2.24) is 9.97 Å². The Morgan fingerprint density at radius 3 is 2.83 bits per heavy atom. The third-order valence-corrected chi connectivity index (χ3v) is 3.32. The van der Waals surface area contributed by atoms with Gasteiger partial charge in [0, 0.05) is 18.1 Å². The lowest BCUT2D eigenvalue weighted by atomic mass is 10.1. The van der Waals surface area contributed by atoms with Gasteiger partial charge in [0.05, 0.1) is 16.8 Å².